The van der Waals surface area contributed by atoms with Gasteiger partial charge < -0.3 is 9.67 Å². The van der Waals surface area contributed by atoms with Crippen LogP contribution in [0.15, 0.2) is 41.6 Å². The molecular weight excluding hydrogens is 256 g/mol. The predicted octanol–water partition coefficient (Wildman–Crippen LogP) is 1.64. The first-order chi connectivity index (χ1) is 8.58. The Bertz CT molecular complexity index is 652. The number of carboxylic acid groups (broad SMARTS) is 1. The van der Waals surface area contributed by atoms with Crippen molar-refractivity contribution >= 4 is 17.6 Å². The lowest BCUT2D eigenvalue weighted by Gasteiger charge is -2.07. The summed E-state index contributed by atoms with van der Waals surface area (Å²) in [5, 5.41) is 9.30. The molecule has 1 N–H and O–H groups in total. The summed E-state index contributed by atoms with van der Waals surface area (Å²) in [5.74, 6) is -1.08. The van der Waals surface area contributed by atoms with Gasteiger partial charge in [0.05, 0.1) is 17.1 Å². The number of carboxylic acids is 1. The highest BCUT2D eigenvalue weighted by molar-refractivity contribution is 6.31. The zero-order valence-electron chi connectivity index (χ0n) is 9.21. The smallest absolute Gasteiger partial charge is 0.337 e. The summed E-state index contributed by atoms with van der Waals surface area (Å²) in [6.45, 7) is 0.210. The van der Waals surface area contributed by atoms with Gasteiger partial charge in [-0.25, -0.2) is 4.79 Å². The monoisotopic (exact) mass is 264 g/mol. The molecule has 2 heterocycles. The molecule has 0 fully saturated rings. The van der Waals surface area contributed by atoms with Crippen LogP contribution >= 0.6 is 11.6 Å². The third-order valence-electron chi connectivity index (χ3n) is 2.43. The van der Waals surface area contributed by atoms with Crippen LogP contribution in [0.3, 0.4) is 0 Å². The van der Waals surface area contributed by atoms with Gasteiger partial charge in [-0.1, -0.05) is 11.6 Å². The van der Waals surface area contributed by atoms with E-state index in [4.69, 9.17) is 16.7 Å². The molecular formula is C12H9ClN2O3. The standard InChI is InChI=1S/C12H9ClN2O3/c13-10-5-14-4-3-8(10)6-15-7-9(12(17)18)1-2-11(15)16/h1-5,7H,6H2,(H,17,18). The molecule has 0 radical (unpaired) electrons. The molecule has 18 heavy (non-hydrogen) atoms. The summed E-state index contributed by atoms with van der Waals surface area (Å²) in [5.41, 5.74) is 0.476. The lowest BCUT2D eigenvalue weighted by Crippen LogP contribution is -2.20. The van der Waals surface area contributed by atoms with Crippen molar-refractivity contribution < 1.29 is 9.90 Å². The molecule has 0 aromatic carbocycles. The Kier molecular flexibility index (Phi) is 3.43. The van der Waals surface area contributed by atoms with E-state index in [1.54, 1.807) is 12.3 Å². The fourth-order valence-electron chi connectivity index (χ4n) is 1.50. The normalized spacial score (nSPS) is 10.3. The second kappa shape index (κ2) is 5.01. The summed E-state index contributed by atoms with van der Waals surface area (Å²) in [6.07, 6.45) is 4.33. The number of aromatic carboxylic acids is 1. The van der Waals surface area contributed by atoms with Gasteiger partial charge in [-0.3, -0.25) is 9.78 Å². The summed E-state index contributed by atoms with van der Waals surface area (Å²) < 4.78 is 1.30. The first-order valence-electron chi connectivity index (χ1n) is 5.10. The summed E-state index contributed by atoms with van der Waals surface area (Å²) in [7, 11) is 0. The molecule has 0 saturated heterocycles. The molecule has 0 unspecified atom stereocenters. The number of aromatic nitrogens is 2. The Morgan fingerprint density at radius 2 is 2.17 bits per heavy atom. The number of hydrogen-bond donors (Lipinski definition) is 1. The molecule has 0 aliphatic carbocycles. The Labute approximate surface area is 107 Å². The van der Waals surface area contributed by atoms with Crippen LogP contribution in [0.4, 0.5) is 0 Å². The Balaban J connectivity index is 2.40. The van der Waals surface area contributed by atoms with E-state index in [1.807, 2.05) is 0 Å². The lowest BCUT2D eigenvalue weighted by molar-refractivity contribution is 0.0696. The van der Waals surface area contributed by atoms with Gasteiger partial charge in [0.2, 0.25) is 0 Å². The average molecular weight is 265 g/mol. The maximum absolute atomic E-state index is 11.6. The van der Waals surface area contributed by atoms with Crippen LogP contribution < -0.4 is 5.56 Å². The van der Waals surface area contributed by atoms with Crippen molar-refractivity contribution in [3.63, 3.8) is 0 Å². The van der Waals surface area contributed by atoms with Gasteiger partial charge in [0.15, 0.2) is 0 Å². The Morgan fingerprint density at radius 3 is 2.83 bits per heavy atom. The van der Waals surface area contributed by atoms with Crippen LogP contribution in [-0.2, 0) is 6.54 Å². The second-order valence-electron chi connectivity index (χ2n) is 3.66. The van der Waals surface area contributed by atoms with Gasteiger partial charge in [0.1, 0.15) is 0 Å². The average Bonchev–Trinajstić information content (AvgIpc) is 2.34. The van der Waals surface area contributed by atoms with E-state index in [0.717, 1.165) is 0 Å². The summed E-state index contributed by atoms with van der Waals surface area (Å²) in [4.78, 5) is 26.3. The van der Waals surface area contributed by atoms with E-state index in [1.165, 1.54) is 29.1 Å². The van der Waals surface area contributed by atoms with E-state index in [-0.39, 0.29) is 17.7 Å². The molecule has 5 nitrogen and oxygen atoms in total. The predicted molar refractivity (Wildman–Crippen MR) is 66.0 cm³/mol. The third-order valence-corrected chi connectivity index (χ3v) is 2.77. The first kappa shape index (κ1) is 12.3. The van der Waals surface area contributed by atoms with Gasteiger partial charge in [-0.05, 0) is 17.7 Å². The minimum Gasteiger partial charge on any atom is -0.478 e. The van der Waals surface area contributed by atoms with Crippen LogP contribution in [0.25, 0.3) is 0 Å². The fourth-order valence-corrected chi connectivity index (χ4v) is 1.68. The molecule has 2 aromatic heterocycles. The van der Waals surface area contributed by atoms with Crippen molar-refractivity contribution in [3.05, 3.63) is 63.3 Å². The molecule has 0 bridgehead atoms. The molecule has 0 aliphatic rings. The number of carbonyl (C=O) groups is 1. The van der Waals surface area contributed by atoms with E-state index in [0.29, 0.717) is 10.6 Å². The molecule has 0 aliphatic heterocycles. The van der Waals surface area contributed by atoms with Crippen LogP contribution in [0.2, 0.25) is 5.02 Å². The zero-order chi connectivity index (χ0) is 13.1. The van der Waals surface area contributed by atoms with Crippen molar-refractivity contribution in [2.24, 2.45) is 0 Å². The largest absolute Gasteiger partial charge is 0.478 e. The van der Waals surface area contributed by atoms with Gasteiger partial charge >= 0.3 is 5.97 Å². The topological polar surface area (TPSA) is 72.2 Å². The quantitative estimate of drug-likeness (QED) is 0.915. The Hall–Kier alpha value is -2.14. The van der Waals surface area contributed by atoms with E-state index in [2.05, 4.69) is 4.98 Å². The second-order valence-corrected chi connectivity index (χ2v) is 4.06. The number of halogens is 1. The molecule has 92 valence electrons. The SMILES string of the molecule is O=C(O)c1ccc(=O)n(Cc2ccncc2Cl)c1. The van der Waals surface area contributed by atoms with Gasteiger partial charge in [0.25, 0.3) is 5.56 Å². The molecule has 2 rings (SSSR count). The number of nitrogens with zero attached hydrogens (tertiary/aromatic N) is 2. The molecule has 0 atom stereocenters. The minimum atomic E-state index is -1.08. The maximum Gasteiger partial charge on any atom is 0.337 e. The summed E-state index contributed by atoms with van der Waals surface area (Å²) in [6, 6.07) is 4.18. The van der Waals surface area contributed by atoms with Crippen LogP contribution in [-0.4, -0.2) is 20.6 Å². The molecule has 0 spiro atoms. The number of hydrogen-bond acceptors (Lipinski definition) is 3. The van der Waals surface area contributed by atoms with Crippen molar-refractivity contribution in [2.75, 3.05) is 0 Å². The van der Waals surface area contributed by atoms with Crippen molar-refractivity contribution in [2.45, 2.75) is 6.54 Å². The highest BCUT2D eigenvalue weighted by atomic mass is 35.5. The molecule has 0 amide bonds. The van der Waals surface area contributed by atoms with Crippen LogP contribution in [0.5, 0.6) is 0 Å². The van der Waals surface area contributed by atoms with E-state index < -0.39 is 5.97 Å². The van der Waals surface area contributed by atoms with Gasteiger partial charge in [0, 0.05) is 24.7 Å². The fraction of sp³-hybridized carbons (Fsp3) is 0.0833. The van der Waals surface area contributed by atoms with Crippen molar-refractivity contribution in [3.8, 4) is 0 Å². The maximum atomic E-state index is 11.6. The van der Waals surface area contributed by atoms with Gasteiger partial charge in [-0.2, -0.15) is 0 Å². The highest BCUT2D eigenvalue weighted by Crippen LogP contribution is 2.14. The molecule has 6 heteroatoms. The molecule has 0 saturated carbocycles. The first-order valence-corrected chi connectivity index (χ1v) is 5.48. The number of pyridine rings is 2. The van der Waals surface area contributed by atoms with E-state index >= 15 is 0 Å². The number of rotatable bonds is 3. The van der Waals surface area contributed by atoms with E-state index in [9.17, 15) is 9.59 Å². The highest BCUT2D eigenvalue weighted by Gasteiger charge is 2.07. The molecule has 2 aromatic rings. The van der Waals surface area contributed by atoms with Crippen LogP contribution in [0.1, 0.15) is 15.9 Å². The van der Waals surface area contributed by atoms with Crippen molar-refractivity contribution in [1.29, 1.82) is 0 Å². The van der Waals surface area contributed by atoms with Crippen molar-refractivity contribution in [1.82, 2.24) is 9.55 Å². The minimum absolute atomic E-state index is 0.0554. The van der Waals surface area contributed by atoms with Crippen LogP contribution in [0, 0.1) is 0 Å². The van der Waals surface area contributed by atoms with Gasteiger partial charge in [-0.15, -0.1) is 0 Å². The third kappa shape index (κ3) is 2.57. The summed E-state index contributed by atoms with van der Waals surface area (Å²) >= 11 is 5.93. The zero-order valence-corrected chi connectivity index (χ0v) is 9.96. The Morgan fingerprint density at radius 1 is 1.39 bits per heavy atom. The lowest BCUT2D eigenvalue weighted by atomic mass is 10.2.